The fraction of sp³-hybridized carbons (Fsp3) is 0.0714. The monoisotopic (exact) mass is 241 g/mol. The first-order valence-electron chi connectivity index (χ1n) is 5.44. The van der Waals surface area contributed by atoms with Crippen LogP contribution in [0.3, 0.4) is 0 Å². The van der Waals surface area contributed by atoms with Gasteiger partial charge in [-0.3, -0.25) is 14.9 Å². The second-order valence-corrected chi connectivity index (χ2v) is 3.95. The standard InChI is InChI=1S/C14H11NO3/c1-10-9-12(7-8-13(10)15(17)18)14(16)11-5-3-2-4-6-11/h2-9H,1H3. The molecule has 0 radical (unpaired) electrons. The first-order chi connectivity index (χ1) is 8.59. The Balaban J connectivity index is 2.39. The summed E-state index contributed by atoms with van der Waals surface area (Å²) in [4.78, 5) is 22.4. The molecule has 0 fully saturated rings. The van der Waals surface area contributed by atoms with Crippen LogP contribution in [0.1, 0.15) is 21.5 Å². The van der Waals surface area contributed by atoms with E-state index in [1.165, 1.54) is 12.1 Å². The van der Waals surface area contributed by atoms with Crippen LogP contribution in [-0.4, -0.2) is 10.7 Å². The molecule has 0 aromatic heterocycles. The predicted octanol–water partition coefficient (Wildman–Crippen LogP) is 3.13. The van der Waals surface area contributed by atoms with Gasteiger partial charge in [0.1, 0.15) is 0 Å². The summed E-state index contributed by atoms with van der Waals surface area (Å²) in [5.41, 5.74) is 1.55. The summed E-state index contributed by atoms with van der Waals surface area (Å²) in [7, 11) is 0. The number of hydrogen-bond donors (Lipinski definition) is 0. The Hall–Kier alpha value is -2.49. The third-order valence-corrected chi connectivity index (χ3v) is 2.69. The van der Waals surface area contributed by atoms with Crippen LogP contribution in [0.5, 0.6) is 0 Å². The van der Waals surface area contributed by atoms with Crippen LogP contribution < -0.4 is 0 Å². The molecule has 0 unspecified atom stereocenters. The van der Waals surface area contributed by atoms with Crippen molar-refractivity contribution in [2.45, 2.75) is 6.92 Å². The van der Waals surface area contributed by atoms with E-state index in [1.54, 1.807) is 37.3 Å². The van der Waals surface area contributed by atoms with Crippen LogP contribution in [-0.2, 0) is 0 Å². The summed E-state index contributed by atoms with van der Waals surface area (Å²) in [6.45, 7) is 1.62. The molecule has 0 atom stereocenters. The molecular weight excluding hydrogens is 230 g/mol. The quantitative estimate of drug-likeness (QED) is 0.471. The Labute approximate surface area is 104 Å². The molecule has 0 saturated heterocycles. The second-order valence-electron chi connectivity index (χ2n) is 3.95. The molecule has 2 aromatic carbocycles. The lowest BCUT2D eigenvalue weighted by Crippen LogP contribution is -2.02. The van der Waals surface area contributed by atoms with Crippen molar-refractivity contribution in [2.75, 3.05) is 0 Å². The number of aryl methyl sites for hydroxylation is 1. The van der Waals surface area contributed by atoms with Gasteiger partial charge in [0.2, 0.25) is 0 Å². The third-order valence-electron chi connectivity index (χ3n) is 2.69. The number of nitro groups is 1. The maximum Gasteiger partial charge on any atom is 0.272 e. The molecule has 18 heavy (non-hydrogen) atoms. The molecule has 4 nitrogen and oxygen atoms in total. The average Bonchev–Trinajstić information content (AvgIpc) is 2.38. The van der Waals surface area contributed by atoms with Gasteiger partial charge in [0.05, 0.1) is 4.92 Å². The average molecular weight is 241 g/mol. The zero-order valence-corrected chi connectivity index (χ0v) is 9.79. The van der Waals surface area contributed by atoms with Crippen molar-refractivity contribution in [3.05, 3.63) is 75.3 Å². The van der Waals surface area contributed by atoms with Gasteiger partial charge in [-0.1, -0.05) is 30.3 Å². The first-order valence-corrected chi connectivity index (χ1v) is 5.44. The molecular formula is C14H11NO3. The SMILES string of the molecule is Cc1cc(C(=O)c2ccccc2)ccc1[N+](=O)[O-]. The number of nitro benzene ring substituents is 1. The second kappa shape index (κ2) is 4.79. The largest absolute Gasteiger partial charge is 0.289 e. The van der Waals surface area contributed by atoms with E-state index in [0.717, 1.165) is 0 Å². The van der Waals surface area contributed by atoms with E-state index in [9.17, 15) is 14.9 Å². The normalized spacial score (nSPS) is 10.1. The van der Waals surface area contributed by atoms with Gasteiger partial charge in [-0.05, 0) is 19.1 Å². The molecule has 0 aliphatic carbocycles. The Kier molecular flexibility index (Phi) is 3.19. The van der Waals surface area contributed by atoms with E-state index in [0.29, 0.717) is 16.7 Å². The first kappa shape index (κ1) is 12.0. The molecule has 2 rings (SSSR count). The summed E-state index contributed by atoms with van der Waals surface area (Å²) >= 11 is 0. The van der Waals surface area contributed by atoms with E-state index in [1.807, 2.05) is 6.07 Å². The minimum Gasteiger partial charge on any atom is -0.289 e. The van der Waals surface area contributed by atoms with Gasteiger partial charge in [0.15, 0.2) is 5.78 Å². The lowest BCUT2D eigenvalue weighted by Gasteiger charge is -2.03. The summed E-state index contributed by atoms with van der Waals surface area (Å²) in [5.74, 6) is -0.131. The van der Waals surface area contributed by atoms with Crippen LogP contribution in [0, 0.1) is 17.0 Å². The zero-order valence-electron chi connectivity index (χ0n) is 9.79. The van der Waals surface area contributed by atoms with Crippen molar-refractivity contribution in [1.82, 2.24) is 0 Å². The Morgan fingerprint density at radius 3 is 2.28 bits per heavy atom. The van der Waals surface area contributed by atoms with Crippen molar-refractivity contribution in [2.24, 2.45) is 0 Å². The zero-order chi connectivity index (χ0) is 13.1. The number of ketones is 1. The van der Waals surface area contributed by atoms with Crippen molar-refractivity contribution in [3.8, 4) is 0 Å². The maximum absolute atomic E-state index is 12.1. The van der Waals surface area contributed by atoms with Gasteiger partial charge in [-0.15, -0.1) is 0 Å². The molecule has 0 heterocycles. The molecule has 4 heteroatoms. The molecule has 0 aliphatic rings. The lowest BCUT2D eigenvalue weighted by atomic mass is 10.0. The third kappa shape index (κ3) is 2.27. The lowest BCUT2D eigenvalue weighted by molar-refractivity contribution is -0.385. The number of carbonyl (C=O) groups is 1. The molecule has 90 valence electrons. The molecule has 0 saturated carbocycles. The summed E-state index contributed by atoms with van der Waals surface area (Å²) in [6, 6.07) is 13.2. The Morgan fingerprint density at radius 1 is 1.06 bits per heavy atom. The van der Waals surface area contributed by atoms with Crippen molar-refractivity contribution in [3.63, 3.8) is 0 Å². The van der Waals surface area contributed by atoms with Gasteiger partial charge < -0.3 is 0 Å². The number of benzene rings is 2. The number of nitrogens with zero attached hydrogens (tertiary/aromatic N) is 1. The topological polar surface area (TPSA) is 60.2 Å². The van der Waals surface area contributed by atoms with Crippen LogP contribution in [0.25, 0.3) is 0 Å². The predicted molar refractivity (Wildman–Crippen MR) is 67.7 cm³/mol. The van der Waals surface area contributed by atoms with Gasteiger partial charge in [0, 0.05) is 22.8 Å². The minimum atomic E-state index is -0.452. The van der Waals surface area contributed by atoms with E-state index in [4.69, 9.17) is 0 Å². The van der Waals surface area contributed by atoms with Crippen molar-refractivity contribution in [1.29, 1.82) is 0 Å². The molecule has 0 amide bonds. The van der Waals surface area contributed by atoms with Crippen LogP contribution in [0.2, 0.25) is 0 Å². The molecule has 2 aromatic rings. The molecule has 0 N–H and O–H groups in total. The van der Waals surface area contributed by atoms with E-state index >= 15 is 0 Å². The van der Waals surface area contributed by atoms with E-state index in [-0.39, 0.29) is 11.5 Å². The fourth-order valence-electron chi connectivity index (χ4n) is 1.76. The molecule has 0 spiro atoms. The minimum absolute atomic E-state index is 0.0274. The highest BCUT2D eigenvalue weighted by atomic mass is 16.6. The highest BCUT2D eigenvalue weighted by Gasteiger charge is 2.14. The van der Waals surface area contributed by atoms with Gasteiger partial charge >= 0.3 is 0 Å². The van der Waals surface area contributed by atoms with Crippen LogP contribution >= 0.6 is 0 Å². The fourth-order valence-corrected chi connectivity index (χ4v) is 1.76. The van der Waals surface area contributed by atoms with Crippen molar-refractivity contribution >= 4 is 11.5 Å². The smallest absolute Gasteiger partial charge is 0.272 e. The Bertz CT molecular complexity index is 606. The highest BCUT2D eigenvalue weighted by Crippen LogP contribution is 2.20. The van der Waals surface area contributed by atoms with E-state index < -0.39 is 4.92 Å². The van der Waals surface area contributed by atoms with Crippen LogP contribution in [0.15, 0.2) is 48.5 Å². The van der Waals surface area contributed by atoms with Gasteiger partial charge in [-0.2, -0.15) is 0 Å². The number of hydrogen-bond acceptors (Lipinski definition) is 3. The summed E-state index contributed by atoms with van der Waals surface area (Å²) < 4.78 is 0. The molecule has 0 aliphatic heterocycles. The maximum atomic E-state index is 12.1. The van der Waals surface area contributed by atoms with Gasteiger partial charge in [-0.25, -0.2) is 0 Å². The number of rotatable bonds is 3. The summed E-state index contributed by atoms with van der Waals surface area (Å²) in [6.07, 6.45) is 0. The van der Waals surface area contributed by atoms with E-state index in [2.05, 4.69) is 0 Å². The highest BCUT2D eigenvalue weighted by molar-refractivity contribution is 6.09. The number of carbonyl (C=O) groups excluding carboxylic acids is 1. The van der Waals surface area contributed by atoms with Crippen LogP contribution in [0.4, 0.5) is 5.69 Å². The Morgan fingerprint density at radius 2 is 1.72 bits per heavy atom. The van der Waals surface area contributed by atoms with Crippen molar-refractivity contribution < 1.29 is 9.72 Å². The molecule has 0 bridgehead atoms. The summed E-state index contributed by atoms with van der Waals surface area (Å²) in [5, 5.41) is 10.7. The van der Waals surface area contributed by atoms with Gasteiger partial charge in [0.25, 0.3) is 5.69 Å².